The van der Waals surface area contributed by atoms with E-state index in [0.717, 1.165) is 44.6 Å². The maximum atomic E-state index is 13.1. The highest BCUT2D eigenvalue weighted by Gasteiger charge is 2.37. The molecule has 0 unspecified atom stereocenters. The molecule has 1 saturated heterocycles. The molecule has 2 aliphatic heterocycles. The highest BCUT2D eigenvalue weighted by molar-refractivity contribution is 6.00. The molecule has 11 heteroatoms. The van der Waals surface area contributed by atoms with Gasteiger partial charge in [-0.05, 0) is 94.1 Å². The number of amides is 2. The van der Waals surface area contributed by atoms with Gasteiger partial charge in [0.2, 0.25) is 0 Å². The zero-order valence-electron chi connectivity index (χ0n) is 27.0. The first-order chi connectivity index (χ1) is 21.2. The van der Waals surface area contributed by atoms with E-state index in [2.05, 4.69) is 33.7 Å². The number of hydrogen-bond donors (Lipinski definition) is 2. The Kier molecular flexibility index (Phi) is 12.9. The molecule has 1 fully saturated rings. The second-order valence-electron chi connectivity index (χ2n) is 11.3. The third-order valence-corrected chi connectivity index (χ3v) is 8.51. The molecular formula is C34H45ClN4O6. The van der Waals surface area contributed by atoms with E-state index in [-0.39, 0.29) is 18.4 Å². The van der Waals surface area contributed by atoms with Gasteiger partial charge < -0.3 is 34.6 Å². The topological polar surface area (TPSA) is 109 Å². The molecule has 0 saturated carbocycles. The van der Waals surface area contributed by atoms with Crippen molar-refractivity contribution in [2.24, 2.45) is 0 Å². The van der Waals surface area contributed by atoms with Crippen LogP contribution in [0, 0.1) is 0 Å². The molecule has 0 spiro atoms. The molecule has 0 atom stereocenters. The number of dihydropyridines is 1. The molecule has 2 heterocycles. The number of nitrogens with one attached hydrogen (secondary N) is 2. The molecule has 2 aromatic rings. The number of carbonyl (C=O) groups excluding carboxylic acids is 3. The Morgan fingerprint density at radius 3 is 2.11 bits per heavy atom. The molecule has 0 bridgehead atoms. The molecule has 4 rings (SSSR count). The van der Waals surface area contributed by atoms with Crippen LogP contribution < -0.4 is 15.4 Å². The van der Waals surface area contributed by atoms with Crippen molar-refractivity contribution < 1.29 is 28.6 Å². The molecule has 2 aromatic carbocycles. The Bertz CT molecular complexity index is 1400. The number of anilines is 1. The summed E-state index contributed by atoms with van der Waals surface area (Å²) in [5, 5.41) is 6.07. The summed E-state index contributed by atoms with van der Waals surface area (Å²) in [6.45, 7) is 7.13. The average Bonchev–Trinajstić information content (AvgIpc) is 3.04. The highest BCUT2D eigenvalue weighted by Crippen LogP contribution is 2.40. The number of likely N-dealkylation sites (tertiary alicyclic amines) is 1. The van der Waals surface area contributed by atoms with Crippen molar-refractivity contribution in [2.45, 2.75) is 44.9 Å². The van der Waals surface area contributed by atoms with E-state index in [0.29, 0.717) is 46.3 Å². The number of benzene rings is 2. The number of hydrogen-bond acceptors (Lipinski definition) is 8. The van der Waals surface area contributed by atoms with Crippen molar-refractivity contribution in [3.63, 3.8) is 0 Å². The normalized spacial score (nSPS) is 16.0. The van der Waals surface area contributed by atoms with Crippen LogP contribution in [0.4, 0.5) is 10.5 Å². The lowest BCUT2D eigenvalue weighted by molar-refractivity contribution is -0.137. The van der Waals surface area contributed by atoms with E-state index in [9.17, 15) is 14.4 Å². The molecule has 2 amide bonds. The van der Waals surface area contributed by atoms with Crippen LogP contribution in [-0.4, -0.2) is 82.3 Å². The Hall–Kier alpha value is -4.02. The van der Waals surface area contributed by atoms with Gasteiger partial charge in [-0.25, -0.2) is 14.4 Å². The first-order valence-electron chi connectivity index (χ1n) is 15.0. The highest BCUT2D eigenvalue weighted by atomic mass is 35.5. The van der Waals surface area contributed by atoms with Crippen molar-refractivity contribution in [3.8, 4) is 5.75 Å². The monoisotopic (exact) mass is 640 g/mol. The average molecular weight is 641 g/mol. The van der Waals surface area contributed by atoms with Gasteiger partial charge in [0.05, 0.1) is 38.4 Å². The lowest BCUT2D eigenvalue weighted by atomic mass is 9.80. The Morgan fingerprint density at radius 1 is 0.911 bits per heavy atom. The summed E-state index contributed by atoms with van der Waals surface area (Å²) in [5.74, 6) is -0.374. The largest absolute Gasteiger partial charge is 0.497 e. The number of ether oxygens (including phenoxy) is 3. The summed E-state index contributed by atoms with van der Waals surface area (Å²) in [6.07, 6.45) is 3.08. The van der Waals surface area contributed by atoms with Crippen LogP contribution >= 0.6 is 12.4 Å². The first-order valence-corrected chi connectivity index (χ1v) is 15.0. The van der Waals surface area contributed by atoms with Gasteiger partial charge in [0.15, 0.2) is 0 Å². The van der Waals surface area contributed by atoms with Crippen molar-refractivity contribution in [2.75, 3.05) is 59.9 Å². The fourth-order valence-electron chi connectivity index (χ4n) is 6.12. The summed E-state index contributed by atoms with van der Waals surface area (Å²) in [5.41, 5.74) is 4.35. The van der Waals surface area contributed by atoms with Crippen molar-refractivity contribution in [3.05, 3.63) is 82.2 Å². The minimum atomic E-state index is -0.723. The molecule has 2 N–H and O–H groups in total. The third kappa shape index (κ3) is 8.58. The number of halogens is 1. The number of nitrogens with zero attached hydrogens (tertiary/aromatic N) is 2. The number of urea groups is 1. The number of carbonyl (C=O) groups is 3. The Labute approximate surface area is 272 Å². The molecule has 10 nitrogen and oxygen atoms in total. The number of rotatable bonds is 10. The molecule has 2 aliphatic rings. The van der Waals surface area contributed by atoms with Gasteiger partial charge in [-0.3, -0.25) is 0 Å². The fourth-order valence-corrected chi connectivity index (χ4v) is 6.12. The van der Waals surface area contributed by atoms with Crippen LogP contribution in [0.1, 0.15) is 56.1 Å². The maximum Gasteiger partial charge on any atom is 0.336 e. The van der Waals surface area contributed by atoms with E-state index >= 15 is 0 Å². The molecule has 0 aliphatic carbocycles. The van der Waals surface area contributed by atoms with Crippen LogP contribution in [0.5, 0.6) is 5.75 Å². The summed E-state index contributed by atoms with van der Waals surface area (Å²) < 4.78 is 15.5. The Balaban J connectivity index is 0.00000552. The standard InChI is InChI=1S/C34H44N4O6.ClH/c1-22-29(32(39)43-5)31(30(23(2)35-22)33(40)44-6)26-11-7-12-27(20-26)36-34(41)37(3)16-9-17-38-18-14-24(15-19-38)25-10-8-13-28(21-25)42-4;/h7-8,10-13,20-21,24,31,35H,9,14-19H2,1-6H3,(H,36,41);1H. The molecule has 0 radical (unpaired) electrons. The van der Waals surface area contributed by atoms with Crippen molar-refractivity contribution in [1.29, 1.82) is 0 Å². The first kappa shape index (κ1) is 35.5. The summed E-state index contributed by atoms with van der Waals surface area (Å²) in [6, 6.07) is 15.3. The van der Waals surface area contributed by atoms with E-state index in [1.54, 1.807) is 51.1 Å². The number of esters is 2. The van der Waals surface area contributed by atoms with Crippen molar-refractivity contribution in [1.82, 2.24) is 15.1 Å². The number of piperidine rings is 1. The molecule has 244 valence electrons. The molecule has 0 aromatic heterocycles. The zero-order valence-corrected chi connectivity index (χ0v) is 27.8. The van der Waals surface area contributed by atoms with Gasteiger partial charge >= 0.3 is 18.0 Å². The number of allylic oxidation sites excluding steroid dienone is 2. The second kappa shape index (κ2) is 16.3. The fraction of sp³-hybridized carbons (Fsp3) is 0.441. The van der Waals surface area contributed by atoms with Crippen LogP contribution in [0.3, 0.4) is 0 Å². The van der Waals surface area contributed by atoms with Crippen LogP contribution in [0.25, 0.3) is 0 Å². The smallest absolute Gasteiger partial charge is 0.336 e. The van der Waals surface area contributed by atoms with Crippen LogP contribution in [0.15, 0.2) is 71.1 Å². The Morgan fingerprint density at radius 2 is 1.51 bits per heavy atom. The zero-order chi connectivity index (χ0) is 31.8. The van der Waals surface area contributed by atoms with Gasteiger partial charge in [-0.15, -0.1) is 12.4 Å². The molecule has 45 heavy (non-hydrogen) atoms. The minimum absolute atomic E-state index is 0. The predicted octanol–water partition coefficient (Wildman–Crippen LogP) is 5.43. The minimum Gasteiger partial charge on any atom is -0.497 e. The quantitative estimate of drug-likeness (QED) is 0.331. The van der Waals surface area contributed by atoms with Gasteiger partial charge in [0.25, 0.3) is 0 Å². The van der Waals surface area contributed by atoms with Gasteiger partial charge in [-0.1, -0.05) is 24.3 Å². The lowest BCUT2D eigenvalue weighted by Crippen LogP contribution is -2.37. The van der Waals surface area contributed by atoms with Gasteiger partial charge in [0, 0.05) is 30.7 Å². The van der Waals surface area contributed by atoms with E-state index in [1.807, 2.05) is 12.1 Å². The summed E-state index contributed by atoms with van der Waals surface area (Å²) >= 11 is 0. The van der Waals surface area contributed by atoms with E-state index in [1.165, 1.54) is 19.8 Å². The predicted molar refractivity (Wildman–Crippen MR) is 177 cm³/mol. The second-order valence-corrected chi connectivity index (χ2v) is 11.3. The molecular weight excluding hydrogens is 596 g/mol. The third-order valence-electron chi connectivity index (χ3n) is 8.51. The number of methoxy groups -OCH3 is 3. The maximum absolute atomic E-state index is 13.1. The summed E-state index contributed by atoms with van der Waals surface area (Å²) in [4.78, 5) is 42.9. The van der Waals surface area contributed by atoms with Gasteiger partial charge in [-0.2, -0.15) is 0 Å². The SMILES string of the molecule is COC(=O)C1=C(C)NC(C)=C(C(=O)OC)C1c1cccc(NC(=O)N(C)CCCN2CCC(c3cccc(OC)c3)CC2)c1.Cl. The van der Waals surface area contributed by atoms with Gasteiger partial charge in [0.1, 0.15) is 5.75 Å². The van der Waals surface area contributed by atoms with Crippen molar-refractivity contribution >= 4 is 36.1 Å². The van der Waals surface area contributed by atoms with E-state index < -0.39 is 17.9 Å². The van der Waals surface area contributed by atoms with Crippen LogP contribution in [-0.2, 0) is 19.1 Å². The lowest BCUT2D eigenvalue weighted by Gasteiger charge is -2.32. The van der Waals surface area contributed by atoms with Crippen LogP contribution in [0.2, 0.25) is 0 Å². The van der Waals surface area contributed by atoms with E-state index in [4.69, 9.17) is 14.2 Å². The summed E-state index contributed by atoms with van der Waals surface area (Å²) in [7, 11) is 6.09.